The summed E-state index contributed by atoms with van der Waals surface area (Å²) >= 11 is 0. The minimum Gasteiger partial charge on any atom is -0.355 e. The molecule has 22 heavy (non-hydrogen) atoms. The van der Waals surface area contributed by atoms with Crippen molar-refractivity contribution in [2.45, 2.75) is 69.1 Å². The molecular weight excluding hydrogens is 300 g/mol. The number of nitrogens with zero attached hydrogens (tertiary/aromatic N) is 1. The predicted octanol–water partition coefficient (Wildman–Crippen LogP) is 1.72. The highest BCUT2D eigenvalue weighted by atomic mass is 32.2. The van der Waals surface area contributed by atoms with E-state index in [0.29, 0.717) is 25.4 Å². The summed E-state index contributed by atoms with van der Waals surface area (Å²) < 4.78 is 22.9. The van der Waals surface area contributed by atoms with Gasteiger partial charge >= 0.3 is 0 Å². The lowest BCUT2D eigenvalue weighted by atomic mass is 10.0. The predicted molar refractivity (Wildman–Crippen MR) is 88.6 cm³/mol. The largest absolute Gasteiger partial charge is 0.355 e. The highest BCUT2D eigenvalue weighted by Gasteiger charge is 2.49. The van der Waals surface area contributed by atoms with Crippen molar-refractivity contribution >= 4 is 15.7 Å². The van der Waals surface area contributed by atoms with Crippen molar-refractivity contribution < 1.29 is 13.2 Å². The molecule has 6 heteroatoms. The minimum absolute atomic E-state index is 0.279. The van der Waals surface area contributed by atoms with Crippen molar-refractivity contribution in [3.63, 3.8) is 0 Å². The lowest BCUT2D eigenvalue weighted by Gasteiger charge is -2.33. The highest BCUT2D eigenvalue weighted by molar-refractivity contribution is 7.92. The monoisotopic (exact) mass is 330 g/mol. The van der Waals surface area contributed by atoms with Crippen LogP contribution < -0.4 is 5.32 Å². The van der Waals surface area contributed by atoms with E-state index in [9.17, 15) is 13.2 Å². The second kappa shape index (κ2) is 7.30. The molecule has 1 aliphatic heterocycles. The molecule has 1 aliphatic carbocycles. The number of likely N-dealkylation sites (tertiary alicyclic amines) is 1. The fourth-order valence-electron chi connectivity index (χ4n) is 3.85. The normalized spacial score (nSPS) is 26.0. The van der Waals surface area contributed by atoms with E-state index in [1.165, 1.54) is 25.5 Å². The molecule has 2 aliphatic rings. The summed E-state index contributed by atoms with van der Waals surface area (Å²) in [6, 6.07) is 0.627. The average Bonchev–Trinajstić information content (AvgIpc) is 2.95. The van der Waals surface area contributed by atoms with Gasteiger partial charge in [-0.3, -0.25) is 4.79 Å². The van der Waals surface area contributed by atoms with Gasteiger partial charge in [-0.25, -0.2) is 8.42 Å². The van der Waals surface area contributed by atoms with Gasteiger partial charge < -0.3 is 10.2 Å². The molecule has 2 rings (SSSR count). The first-order chi connectivity index (χ1) is 10.4. The number of rotatable bonds is 6. The first-order valence-corrected chi connectivity index (χ1v) is 10.5. The average molecular weight is 330 g/mol. The molecule has 128 valence electrons. The number of hydrogen-bond acceptors (Lipinski definition) is 4. The fourth-order valence-corrected chi connectivity index (χ4v) is 5.29. The molecule has 0 aromatic rings. The molecule has 0 radical (unpaired) electrons. The molecule has 1 atom stereocenters. The third-order valence-corrected chi connectivity index (χ3v) is 7.40. The van der Waals surface area contributed by atoms with Gasteiger partial charge in [0, 0.05) is 25.4 Å². The van der Waals surface area contributed by atoms with Crippen LogP contribution in [0.4, 0.5) is 0 Å². The van der Waals surface area contributed by atoms with Crippen LogP contribution in [0, 0.1) is 0 Å². The van der Waals surface area contributed by atoms with E-state index in [-0.39, 0.29) is 5.91 Å². The van der Waals surface area contributed by atoms with E-state index in [4.69, 9.17) is 0 Å². The first-order valence-electron chi connectivity index (χ1n) is 8.59. The Kier molecular flexibility index (Phi) is 5.88. The summed E-state index contributed by atoms with van der Waals surface area (Å²) in [5.74, 6) is -0.279. The van der Waals surface area contributed by atoms with Gasteiger partial charge in [0.1, 0.15) is 4.75 Å². The molecule has 1 heterocycles. The molecule has 0 spiro atoms. The summed E-state index contributed by atoms with van der Waals surface area (Å²) in [5.41, 5.74) is 0. The molecule has 0 aromatic heterocycles. The Morgan fingerprint density at radius 3 is 2.50 bits per heavy atom. The highest BCUT2D eigenvalue weighted by Crippen LogP contribution is 2.36. The van der Waals surface area contributed by atoms with Crippen LogP contribution in [0.5, 0.6) is 0 Å². The number of carbonyl (C=O) groups excluding carboxylic acids is 1. The molecule has 2 fully saturated rings. The standard InChI is InChI=1S/C16H30N2O3S/c1-14-8-3-6-12-18(14)13-7-11-17-15(19)16(22(2,20)21)9-4-5-10-16/h14H,3-13H2,1-2H3,(H,17,19)/t14-/m1/s1. The van der Waals surface area contributed by atoms with Crippen molar-refractivity contribution in [1.82, 2.24) is 10.2 Å². The Morgan fingerprint density at radius 1 is 1.23 bits per heavy atom. The van der Waals surface area contributed by atoms with E-state index in [0.717, 1.165) is 32.4 Å². The number of hydrogen-bond donors (Lipinski definition) is 1. The Bertz CT molecular complexity index is 484. The van der Waals surface area contributed by atoms with E-state index < -0.39 is 14.6 Å². The summed E-state index contributed by atoms with van der Waals surface area (Å²) in [4.78, 5) is 14.9. The lowest BCUT2D eigenvalue weighted by molar-refractivity contribution is -0.123. The Balaban J connectivity index is 1.80. The van der Waals surface area contributed by atoms with Crippen LogP contribution in [0.15, 0.2) is 0 Å². The second-order valence-corrected chi connectivity index (χ2v) is 9.29. The van der Waals surface area contributed by atoms with Crippen LogP contribution in [0.25, 0.3) is 0 Å². The molecule has 1 saturated carbocycles. The zero-order chi connectivity index (χ0) is 16.2. The third-order valence-electron chi connectivity index (χ3n) is 5.38. The van der Waals surface area contributed by atoms with Gasteiger partial charge in [0.05, 0.1) is 0 Å². The SMILES string of the molecule is C[C@@H]1CCCCN1CCCNC(=O)C1(S(C)(=O)=O)CCCC1. The molecule has 1 saturated heterocycles. The smallest absolute Gasteiger partial charge is 0.241 e. The van der Waals surface area contributed by atoms with Crippen molar-refractivity contribution in [1.29, 1.82) is 0 Å². The van der Waals surface area contributed by atoms with E-state index >= 15 is 0 Å². The molecule has 0 unspecified atom stereocenters. The zero-order valence-corrected chi connectivity index (χ0v) is 14.8. The van der Waals surface area contributed by atoms with Gasteiger partial charge in [0.15, 0.2) is 9.84 Å². The molecule has 5 nitrogen and oxygen atoms in total. The molecule has 0 bridgehead atoms. The number of piperidine rings is 1. The first kappa shape index (κ1) is 17.7. The van der Waals surface area contributed by atoms with Crippen LogP contribution in [0.2, 0.25) is 0 Å². The molecule has 0 aromatic carbocycles. The van der Waals surface area contributed by atoms with Gasteiger partial charge in [0.25, 0.3) is 0 Å². The van der Waals surface area contributed by atoms with Crippen molar-refractivity contribution in [3.8, 4) is 0 Å². The third kappa shape index (κ3) is 3.82. The molecule has 1 N–H and O–H groups in total. The maximum atomic E-state index is 12.4. The quantitative estimate of drug-likeness (QED) is 0.753. The fraction of sp³-hybridized carbons (Fsp3) is 0.938. The minimum atomic E-state index is -3.35. The Labute approximate surface area is 134 Å². The molecular formula is C16H30N2O3S. The second-order valence-electron chi connectivity index (χ2n) is 6.96. The zero-order valence-electron chi connectivity index (χ0n) is 13.9. The van der Waals surface area contributed by atoms with Gasteiger partial charge in [0.2, 0.25) is 5.91 Å². The van der Waals surface area contributed by atoms with Crippen LogP contribution >= 0.6 is 0 Å². The van der Waals surface area contributed by atoms with E-state index in [2.05, 4.69) is 17.1 Å². The molecule has 1 amide bonds. The topological polar surface area (TPSA) is 66.5 Å². The van der Waals surface area contributed by atoms with Crippen LogP contribution in [0.3, 0.4) is 0 Å². The van der Waals surface area contributed by atoms with Crippen LogP contribution in [0.1, 0.15) is 58.3 Å². The summed E-state index contributed by atoms with van der Waals surface area (Å²) in [6.45, 7) is 4.95. The van der Waals surface area contributed by atoms with Gasteiger partial charge in [-0.15, -0.1) is 0 Å². The van der Waals surface area contributed by atoms with Gasteiger partial charge in [-0.05, 0) is 45.6 Å². The van der Waals surface area contributed by atoms with Crippen LogP contribution in [-0.4, -0.2) is 55.9 Å². The van der Waals surface area contributed by atoms with Crippen molar-refractivity contribution in [2.24, 2.45) is 0 Å². The summed E-state index contributed by atoms with van der Waals surface area (Å²) in [7, 11) is -3.35. The number of carbonyl (C=O) groups is 1. The van der Waals surface area contributed by atoms with E-state index in [1.54, 1.807) is 0 Å². The van der Waals surface area contributed by atoms with Crippen molar-refractivity contribution in [2.75, 3.05) is 25.9 Å². The Hall–Kier alpha value is -0.620. The Morgan fingerprint density at radius 2 is 1.91 bits per heavy atom. The van der Waals surface area contributed by atoms with Gasteiger partial charge in [-0.1, -0.05) is 19.3 Å². The van der Waals surface area contributed by atoms with Gasteiger partial charge in [-0.2, -0.15) is 0 Å². The lowest BCUT2D eigenvalue weighted by Crippen LogP contribution is -2.50. The maximum Gasteiger partial charge on any atom is 0.241 e. The number of sulfone groups is 1. The van der Waals surface area contributed by atoms with Crippen LogP contribution in [-0.2, 0) is 14.6 Å². The van der Waals surface area contributed by atoms with Crippen molar-refractivity contribution in [3.05, 3.63) is 0 Å². The number of amides is 1. The van der Waals surface area contributed by atoms with E-state index in [1.807, 2.05) is 0 Å². The maximum absolute atomic E-state index is 12.4. The number of nitrogens with one attached hydrogen (secondary N) is 1. The summed E-state index contributed by atoms with van der Waals surface area (Å²) in [6.07, 6.45) is 8.51. The summed E-state index contributed by atoms with van der Waals surface area (Å²) in [5, 5.41) is 2.88.